The highest BCUT2D eigenvalue weighted by Crippen LogP contribution is 2.38. The van der Waals surface area contributed by atoms with Crippen LogP contribution in [0, 0.1) is 0 Å². The molecule has 0 fully saturated rings. The molecule has 98 valence electrons. The van der Waals surface area contributed by atoms with Gasteiger partial charge in [-0.2, -0.15) is 0 Å². The van der Waals surface area contributed by atoms with Crippen molar-refractivity contribution in [2.75, 3.05) is 21.3 Å². The Hall–Kier alpha value is -2.36. The van der Waals surface area contributed by atoms with Gasteiger partial charge in [0, 0.05) is 11.5 Å². The number of benzene rings is 2. The summed E-state index contributed by atoms with van der Waals surface area (Å²) < 4.78 is 16.1. The summed E-state index contributed by atoms with van der Waals surface area (Å²) in [4.78, 5) is 3.36. The molecule has 19 heavy (non-hydrogen) atoms. The summed E-state index contributed by atoms with van der Waals surface area (Å²) in [7, 11) is 4.99. The normalized spacial score (nSPS) is 10.9. The number of hydrogen-bond acceptors (Lipinski definition) is 3. The van der Waals surface area contributed by atoms with E-state index in [9.17, 15) is 0 Å². The van der Waals surface area contributed by atoms with E-state index in [1.807, 2.05) is 30.3 Å². The first-order chi connectivity index (χ1) is 9.28. The molecule has 0 saturated carbocycles. The summed E-state index contributed by atoms with van der Waals surface area (Å²) in [6.45, 7) is 0. The van der Waals surface area contributed by atoms with Crippen LogP contribution in [0.2, 0.25) is 0 Å². The number of hydrogen-bond donors (Lipinski definition) is 1. The first-order valence-corrected chi connectivity index (χ1v) is 5.99. The van der Waals surface area contributed by atoms with Crippen molar-refractivity contribution in [1.82, 2.24) is 4.98 Å². The zero-order chi connectivity index (χ0) is 13.4. The molecule has 0 saturated heterocycles. The van der Waals surface area contributed by atoms with E-state index < -0.39 is 0 Å². The predicted molar refractivity (Wildman–Crippen MR) is 75.5 cm³/mol. The minimum atomic E-state index is 0.797. The standard InChI is InChI=1S/C15H15NO3/c1-17-9-4-5-10-11(8-9)16-15-13(19-3)7-6-12(18-2)14(10)15/h4-8,16H,1-3H3. The van der Waals surface area contributed by atoms with Crippen LogP contribution in [0.1, 0.15) is 0 Å². The number of aromatic nitrogens is 1. The fourth-order valence-corrected chi connectivity index (χ4v) is 2.40. The van der Waals surface area contributed by atoms with Crippen molar-refractivity contribution in [2.24, 2.45) is 0 Å². The SMILES string of the molecule is COc1ccc2c(c1)[nH]c1c(OC)ccc(OC)c12. The van der Waals surface area contributed by atoms with Crippen LogP contribution in [0.15, 0.2) is 30.3 Å². The van der Waals surface area contributed by atoms with Crippen molar-refractivity contribution in [3.8, 4) is 17.2 Å². The maximum atomic E-state index is 5.44. The van der Waals surface area contributed by atoms with Crippen molar-refractivity contribution >= 4 is 21.8 Å². The fraction of sp³-hybridized carbons (Fsp3) is 0.200. The molecule has 1 heterocycles. The van der Waals surface area contributed by atoms with Crippen molar-refractivity contribution in [3.63, 3.8) is 0 Å². The summed E-state index contributed by atoms with van der Waals surface area (Å²) >= 11 is 0. The van der Waals surface area contributed by atoms with E-state index in [4.69, 9.17) is 14.2 Å². The Balaban J connectivity index is 2.44. The molecule has 0 aliphatic rings. The zero-order valence-corrected chi connectivity index (χ0v) is 11.1. The molecule has 0 bridgehead atoms. The Morgan fingerprint density at radius 3 is 2.26 bits per heavy atom. The molecule has 1 aromatic heterocycles. The first kappa shape index (κ1) is 11.7. The predicted octanol–water partition coefficient (Wildman–Crippen LogP) is 3.35. The molecular weight excluding hydrogens is 242 g/mol. The van der Waals surface area contributed by atoms with Crippen LogP contribution in [-0.4, -0.2) is 26.3 Å². The molecule has 3 aromatic rings. The number of rotatable bonds is 3. The van der Waals surface area contributed by atoms with Crippen LogP contribution < -0.4 is 14.2 Å². The van der Waals surface area contributed by atoms with Crippen molar-refractivity contribution in [3.05, 3.63) is 30.3 Å². The minimum Gasteiger partial charge on any atom is -0.497 e. The molecular formula is C15H15NO3. The van der Waals surface area contributed by atoms with E-state index in [1.54, 1.807) is 21.3 Å². The van der Waals surface area contributed by atoms with Crippen LogP contribution in [0.5, 0.6) is 17.2 Å². The average Bonchev–Trinajstić information content (AvgIpc) is 2.84. The lowest BCUT2D eigenvalue weighted by Crippen LogP contribution is -1.87. The summed E-state index contributed by atoms with van der Waals surface area (Å²) in [5, 5.41) is 2.12. The van der Waals surface area contributed by atoms with Crippen LogP contribution in [0.25, 0.3) is 21.8 Å². The van der Waals surface area contributed by atoms with Gasteiger partial charge in [0.25, 0.3) is 0 Å². The Kier molecular flexibility index (Phi) is 2.71. The monoisotopic (exact) mass is 257 g/mol. The number of aromatic amines is 1. The maximum Gasteiger partial charge on any atom is 0.143 e. The molecule has 1 N–H and O–H groups in total. The van der Waals surface area contributed by atoms with E-state index >= 15 is 0 Å². The summed E-state index contributed by atoms with van der Waals surface area (Å²) in [6, 6.07) is 9.74. The summed E-state index contributed by atoms with van der Waals surface area (Å²) in [5.74, 6) is 2.44. The molecule has 4 heteroatoms. The number of nitrogens with one attached hydrogen (secondary N) is 1. The molecule has 0 amide bonds. The Morgan fingerprint density at radius 2 is 1.58 bits per heavy atom. The van der Waals surface area contributed by atoms with E-state index in [1.165, 1.54) is 0 Å². The van der Waals surface area contributed by atoms with Crippen LogP contribution in [-0.2, 0) is 0 Å². The second kappa shape index (κ2) is 4.39. The molecule has 3 rings (SSSR count). The van der Waals surface area contributed by atoms with Gasteiger partial charge in [-0.3, -0.25) is 0 Å². The van der Waals surface area contributed by atoms with Gasteiger partial charge in [0.2, 0.25) is 0 Å². The summed E-state index contributed by atoms with van der Waals surface area (Å²) in [6.07, 6.45) is 0. The van der Waals surface area contributed by atoms with Crippen LogP contribution in [0.4, 0.5) is 0 Å². The highest BCUT2D eigenvalue weighted by molar-refractivity contribution is 6.12. The van der Waals surface area contributed by atoms with Gasteiger partial charge in [-0.15, -0.1) is 0 Å². The number of ether oxygens (including phenoxy) is 3. The second-order valence-corrected chi connectivity index (χ2v) is 4.26. The van der Waals surface area contributed by atoms with Crippen LogP contribution >= 0.6 is 0 Å². The minimum absolute atomic E-state index is 0.797. The lowest BCUT2D eigenvalue weighted by molar-refractivity contribution is 0.410. The van der Waals surface area contributed by atoms with Crippen LogP contribution in [0.3, 0.4) is 0 Å². The topological polar surface area (TPSA) is 43.5 Å². The van der Waals surface area contributed by atoms with Crippen molar-refractivity contribution in [2.45, 2.75) is 0 Å². The fourth-order valence-electron chi connectivity index (χ4n) is 2.40. The van der Waals surface area contributed by atoms with Gasteiger partial charge in [0.05, 0.1) is 37.7 Å². The lowest BCUT2D eigenvalue weighted by Gasteiger charge is -2.06. The Labute approximate surface area is 110 Å². The third-order valence-corrected chi connectivity index (χ3v) is 3.32. The van der Waals surface area contributed by atoms with E-state index in [-0.39, 0.29) is 0 Å². The van der Waals surface area contributed by atoms with E-state index in [0.717, 1.165) is 39.1 Å². The van der Waals surface area contributed by atoms with Gasteiger partial charge in [0.1, 0.15) is 17.2 Å². The largest absolute Gasteiger partial charge is 0.497 e. The van der Waals surface area contributed by atoms with Gasteiger partial charge in [-0.25, -0.2) is 0 Å². The molecule has 0 unspecified atom stereocenters. The van der Waals surface area contributed by atoms with E-state index in [2.05, 4.69) is 4.98 Å². The van der Waals surface area contributed by atoms with Gasteiger partial charge < -0.3 is 19.2 Å². The molecule has 4 nitrogen and oxygen atoms in total. The molecule has 0 radical (unpaired) electrons. The maximum absolute atomic E-state index is 5.44. The summed E-state index contributed by atoms with van der Waals surface area (Å²) in [5.41, 5.74) is 1.93. The van der Waals surface area contributed by atoms with Gasteiger partial charge in [-0.05, 0) is 24.3 Å². The van der Waals surface area contributed by atoms with Gasteiger partial charge in [0.15, 0.2) is 0 Å². The smallest absolute Gasteiger partial charge is 0.143 e. The molecule has 0 aliphatic carbocycles. The molecule has 0 spiro atoms. The van der Waals surface area contributed by atoms with E-state index in [0.29, 0.717) is 0 Å². The molecule has 2 aromatic carbocycles. The van der Waals surface area contributed by atoms with Gasteiger partial charge >= 0.3 is 0 Å². The van der Waals surface area contributed by atoms with Gasteiger partial charge in [-0.1, -0.05) is 0 Å². The number of H-pyrrole nitrogens is 1. The van der Waals surface area contributed by atoms with Crippen molar-refractivity contribution < 1.29 is 14.2 Å². The molecule has 0 atom stereocenters. The highest BCUT2D eigenvalue weighted by atomic mass is 16.5. The number of fused-ring (bicyclic) bond motifs is 3. The molecule has 0 aliphatic heterocycles. The Morgan fingerprint density at radius 1 is 0.842 bits per heavy atom. The number of methoxy groups -OCH3 is 3. The second-order valence-electron chi connectivity index (χ2n) is 4.26. The average molecular weight is 257 g/mol. The third kappa shape index (κ3) is 1.68. The Bertz CT molecular complexity index is 746. The first-order valence-electron chi connectivity index (χ1n) is 5.99. The highest BCUT2D eigenvalue weighted by Gasteiger charge is 2.13. The zero-order valence-electron chi connectivity index (χ0n) is 11.1. The quantitative estimate of drug-likeness (QED) is 0.782. The third-order valence-electron chi connectivity index (χ3n) is 3.32. The van der Waals surface area contributed by atoms with Crippen molar-refractivity contribution in [1.29, 1.82) is 0 Å². The lowest BCUT2D eigenvalue weighted by atomic mass is 10.1.